The van der Waals surface area contributed by atoms with Gasteiger partial charge >= 0.3 is 0 Å². The van der Waals surface area contributed by atoms with Gasteiger partial charge in [0.15, 0.2) is 0 Å². The number of carbonyl (C=O) groups is 2. The van der Waals surface area contributed by atoms with E-state index in [2.05, 4.69) is 5.32 Å². The van der Waals surface area contributed by atoms with E-state index in [9.17, 15) is 18.0 Å². The fourth-order valence-corrected chi connectivity index (χ4v) is 6.12. The standard InChI is InChI=1S/C31H38ClN3O5S/c1-7-27(30(37)33-31(3,4)5)34(20-23-13-11-12-22(2)18-23)29(36)21-35(24-16-17-28(40-6)26(32)19-24)41(38,39)25-14-9-8-10-15-25/h8-19,27H,7,20-21H2,1-6H3,(H,33,37)/t27-/m1/s1. The molecule has 3 aromatic carbocycles. The van der Waals surface area contributed by atoms with Crippen LogP contribution in [-0.2, 0) is 26.2 Å². The van der Waals surface area contributed by atoms with Crippen LogP contribution in [0.4, 0.5) is 5.69 Å². The highest BCUT2D eigenvalue weighted by atomic mass is 35.5. The van der Waals surface area contributed by atoms with Crippen LogP contribution in [-0.4, -0.2) is 50.4 Å². The molecule has 0 saturated carbocycles. The lowest BCUT2D eigenvalue weighted by Crippen LogP contribution is -2.55. The van der Waals surface area contributed by atoms with E-state index >= 15 is 0 Å². The summed E-state index contributed by atoms with van der Waals surface area (Å²) < 4.78 is 34.1. The first-order chi connectivity index (χ1) is 19.3. The molecule has 0 aliphatic rings. The van der Waals surface area contributed by atoms with Crippen LogP contribution in [0.2, 0.25) is 5.02 Å². The number of rotatable bonds is 11. The molecule has 1 atom stereocenters. The molecule has 41 heavy (non-hydrogen) atoms. The molecule has 3 aromatic rings. The molecular weight excluding hydrogens is 562 g/mol. The summed E-state index contributed by atoms with van der Waals surface area (Å²) in [7, 11) is -2.74. The van der Waals surface area contributed by atoms with Crippen molar-refractivity contribution in [1.29, 1.82) is 0 Å². The van der Waals surface area contributed by atoms with Crippen LogP contribution in [0, 0.1) is 6.92 Å². The van der Waals surface area contributed by atoms with Gasteiger partial charge in [-0.3, -0.25) is 13.9 Å². The molecule has 10 heteroatoms. The van der Waals surface area contributed by atoms with Gasteiger partial charge in [-0.2, -0.15) is 0 Å². The quantitative estimate of drug-likeness (QED) is 0.311. The Balaban J connectivity index is 2.10. The van der Waals surface area contributed by atoms with E-state index in [1.807, 2.05) is 58.9 Å². The van der Waals surface area contributed by atoms with Crippen LogP contribution < -0.4 is 14.4 Å². The Morgan fingerprint density at radius 3 is 2.24 bits per heavy atom. The number of hydrogen-bond acceptors (Lipinski definition) is 5. The maximum atomic E-state index is 14.2. The molecule has 0 fully saturated rings. The average Bonchev–Trinajstić information content (AvgIpc) is 2.91. The third kappa shape index (κ3) is 8.24. The Morgan fingerprint density at radius 1 is 1.00 bits per heavy atom. The molecule has 0 aromatic heterocycles. The molecule has 0 unspecified atom stereocenters. The first kappa shape index (κ1) is 32.0. The number of ether oxygens (including phenoxy) is 1. The van der Waals surface area contributed by atoms with E-state index in [-0.39, 0.29) is 28.1 Å². The van der Waals surface area contributed by atoms with E-state index in [0.29, 0.717) is 12.2 Å². The second-order valence-corrected chi connectivity index (χ2v) is 13.1. The smallest absolute Gasteiger partial charge is 0.264 e. The van der Waals surface area contributed by atoms with Gasteiger partial charge in [0.25, 0.3) is 10.0 Å². The SMILES string of the molecule is CC[C@H](C(=O)NC(C)(C)C)N(Cc1cccc(C)c1)C(=O)CN(c1ccc(OC)c(Cl)c1)S(=O)(=O)c1ccccc1. The molecular formula is C31H38ClN3O5S. The van der Waals surface area contributed by atoms with E-state index in [1.165, 1.54) is 36.3 Å². The van der Waals surface area contributed by atoms with Gasteiger partial charge in [0, 0.05) is 12.1 Å². The Labute approximate surface area is 248 Å². The lowest BCUT2D eigenvalue weighted by atomic mass is 10.0. The van der Waals surface area contributed by atoms with Crippen molar-refractivity contribution in [3.63, 3.8) is 0 Å². The molecule has 0 aliphatic heterocycles. The number of amides is 2. The number of halogens is 1. The maximum absolute atomic E-state index is 14.2. The number of hydrogen-bond donors (Lipinski definition) is 1. The number of methoxy groups -OCH3 is 1. The van der Waals surface area contributed by atoms with Gasteiger partial charge < -0.3 is 15.0 Å². The molecule has 0 radical (unpaired) electrons. The molecule has 3 rings (SSSR count). The predicted molar refractivity (Wildman–Crippen MR) is 163 cm³/mol. The number of sulfonamides is 1. The summed E-state index contributed by atoms with van der Waals surface area (Å²) in [5, 5.41) is 3.16. The highest BCUT2D eigenvalue weighted by molar-refractivity contribution is 7.92. The van der Waals surface area contributed by atoms with Crippen molar-refractivity contribution >= 4 is 39.1 Å². The van der Waals surface area contributed by atoms with Crippen LogP contribution in [0.25, 0.3) is 0 Å². The third-order valence-corrected chi connectivity index (χ3v) is 8.44. The molecule has 8 nitrogen and oxygen atoms in total. The summed E-state index contributed by atoms with van der Waals surface area (Å²) in [4.78, 5) is 29.0. The second kappa shape index (κ2) is 13.4. The van der Waals surface area contributed by atoms with Gasteiger partial charge in [-0.1, -0.05) is 66.6 Å². The van der Waals surface area contributed by atoms with Gasteiger partial charge in [0.1, 0.15) is 18.3 Å². The predicted octanol–water partition coefficient (Wildman–Crippen LogP) is 5.57. The number of nitrogens with zero attached hydrogens (tertiary/aromatic N) is 2. The van der Waals surface area contributed by atoms with Crippen LogP contribution in [0.5, 0.6) is 5.75 Å². The number of benzene rings is 3. The third-order valence-electron chi connectivity index (χ3n) is 6.35. The van der Waals surface area contributed by atoms with Crippen molar-refractivity contribution in [2.75, 3.05) is 18.0 Å². The van der Waals surface area contributed by atoms with Gasteiger partial charge in [-0.15, -0.1) is 0 Å². The van der Waals surface area contributed by atoms with Crippen molar-refractivity contribution in [3.8, 4) is 5.75 Å². The average molecular weight is 600 g/mol. The molecule has 0 saturated heterocycles. The van der Waals surface area contributed by atoms with Crippen molar-refractivity contribution in [2.24, 2.45) is 0 Å². The fourth-order valence-electron chi connectivity index (χ4n) is 4.44. The van der Waals surface area contributed by atoms with Crippen LogP contribution in [0.1, 0.15) is 45.2 Å². The van der Waals surface area contributed by atoms with Crippen LogP contribution in [0.3, 0.4) is 0 Å². The highest BCUT2D eigenvalue weighted by Crippen LogP contribution is 2.32. The zero-order chi connectivity index (χ0) is 30.4. The van der Waals surface area contributed by atoms with E-state index < -0.39 is 34.1 Å². The summed E-state index contributed by atoms with van der Waals surface area (Å²) in [5.41, 5.74) is 1.50. The molecule has 0 spiro atoms. The zero-order valence-electron chi connectivity index (χ0n) is 24.3. The first-order valence-electron chi connectivity index (χ1n) is 13.3. The fraction of sp³-hybridized carbons (Fsp3) is 0.355. The van der Waals surface area contributed by atoms with Crippen molar-refractivity contribution in [1.82, 2.24) is 10.2 Å². The summed E-state index contributed by atoms with van der Waals surface area (Å²) in [6.07, 6.45) is 0.333. The topological polar surface area (TPSA) is 96.0 Å². The highest BCUT2D eigenvalue weighted by Gasteiger charge is 2.34. The lowest BCUT2D eigenvalue weighted by molar-refractivity contribution is -0.141. The number of anilines is 1. The van der Waals surface area contributed by atoms with E-state index in [0.717, 1.165) is 15.4 Å². The van der Waals surface area contributed by atoms with E-state index in [4.69, 9.17) is 16.3 Å². The number of nitrogens with one attached hydrogen (secondary N) is 1. The van der Waals surface area contributed by atoms with Crippen molar-refractivity contribution in [3.05, 3.63) is 88.9 Å². The van der Waals surface area contributed by atoms with Gasteiger partial charge in [0.05, 0.1) is 22.7 Å². The minimum Gasteiger partial charge on any atom is -0.495 e. The van der Waals surface area contributed by atoms with E-state index in [1.54, 1.807) is 24.3 Å². The molecule has 0 bridgehead atoms. The minimum absolute atomic E-state index is 0.0162. The Bertz CT molecular complexity index is 1470. The summed E-state index contributed by atoms with van der Waals surface area (Å²) >= 11 is 6.37. The largest absolute Gasteiger partial charge is 0.495 e. The second-order valence-electron chi connectivity index (χ2n) is 10.8. The van der Waals surface area contributed by atoms with Gasteiger partial charge in [-0.05, 0) is 70.0 Å². The van der Waals surface area contributed by atoms with Crippen molar-refractivity contribution < 1.29 is 22.7 Å². The maximum Gasteiger partial charge on any atom is 0.264 e. The van der Waals surface area contributed by atoms with Gasteiger partial charge in [0.2, 0.25) is 11.8 Å². The summed E-state index contributed by atoms with van der Waals surface area (Å²) in [5.74, 6) is -0.482. The lowest BCUT2D eigenvalue weighted by Gasteiger charge is -2.35. The van der Waals surface area contributed by atoms with Gasteiger partial charge in [-0.25, -0.2) is 8.42 Å². The van der Waals surface area contributed by atoms with Crippen LogP contribution >= 0.6 is 11.6 Å². The van der Waals surface area contributed by atoms with Crippen molar-refractivity contribution in [2.45, 2.75) is 64.1 Å². The molecule has 1 N–H and O–H groups in total. The Hall–Kier alpha value is -3.56. The minimum atomic E-state index is -4.19. The molecule has 220 valence electrons. The van der Waals surface area contributed by atoms with Crippen LogP contribution in [0.15, 0.2) is 77.7 Å². The zero-order valence-corrected chi connectivity index (χ0v) is 25.9. The molecule has 0 heterocycles. The summed E-state index contributed by atoms with van der Waals surface area (Å²) in [6.45, 7) is 8.94. The molecule has 0 aliphatic carbocycles. The normalized spacial score (nSPS) is 12.4. The summed E-state index contributed by atoms with van der Waals surface area (Å²) in [6, 6.07) is 19.2. The monoisotopic (exact) mass is 599 g/mol. The Morgan fingerprint density at radius 2 is 1.68 bits per heavy atom. The number of carbonyl (C=O) groups excluding carboxylic acids is 2. The number of aryl methyl sites for hydroxylation is 1. The molecule has 2 amide bonds. The Kier molecular flexibility index (Phi) is 10.4. The first-order valence-corrected chi connectivity index (χ1v) is 15.2.